The number of ether oxygens (including phenoxy) is 1. The molecule has 1 atom stereocenters. The molecule has 0 aliphatic carbocycles. The summed E-state index contributed by atoms with van der Waals surface area (Å²) < 4.78 is 45.0. The van der Waals surface area contributed by atoms with Crippen LogP contribution in [0.2, 0.25) is 0 Å². The second-order valence-corrected chi connectivity index (χ2v) is 6.32. The average molecular weight is 418 g/mol. The average Bonchev–Trinajstić information content (AvgIpc) is 2.73. The molecule has 1 N–H and O–H groups in total. The third-order valence-electron chi connectivity index (χ3n) is 4.31. The van der Waals surface area contributed by atoms with E-state index in [1.165, 1.54) is 26.2 Å². The topological polar surface area (TPSA) is 86.1 Å². The number of benzene rings is 1. The Kier molecular flexibility index (Phi) is 5.86. The molecule has 0 saturated heterocycles. The van der Waals surface area contributed by atoms with Crippen molar-refractivity contribution in [2.75, 3.05) is 12.4 Å². The highest BCUT2D eigenvalue weighted by Crippen LogP contribution is 2.35. The first-order chi connectivity index (χ1) is 14.2. The number of carbonyl (C=O) groups excluding carboxylic acids is 1. The van der Waals surface area contributed by atoms with E-state index >= 15 is 0 Å². The number of hydrogen-bond acceptors (Lipinski definition) is 5. The molecular formula is C20H17F3N4O3. The molecule has 2 aromatic heterocycles. The molecule has 0 bridgehead atoms. The molecule has 7 nitrogen and oxygen atoms in total. The number of hydrogen-bond donors (Lipinski definition) is 1. The SMILES string of the molecule is COc1ccc(C(F)(F)F)cc1NC(=O)C(C)n1nc(-c2cccnc2)ccc1=O. The van der Waals surface area contributed by atoms with E-state index in [-0.39, 0.29) is 11.4 Å². The third-order valence-corrected chi connectivity index (χ3v) is 4.31. The van der Waals surface area contributed by atoms with Crippen LogP contribution in [0.15, 0.2) is 59.7 Å². The summed E-state index contributed by atoms with van der Waals surface area (Å²) in [5, 5.41) is 6.58. The van der Waals surface area contributed by atoms with Crippen molar-refractivity contribution >= 4 is 11.6 Å². The zero-order valence-corrected chi connectivity index (χ0v) is 16.0. The number of halogens is 3. The molecule has 2 heterocycles. The van der Waals surface area contributed by atoms with Crippen molar-refractivity contribution in [3.8, 4) is 17.0 Å². The van der Waals surface area contributed by atoms with Crippen molar-refractivity contribution in [1.82, 2.24) is 14.8 Å². The van der Waals surface area contributed by atoms with Crippen molar-refractivity contribution in [3.05, 3.63) is 70.8 Å². The zero-order chi connectivity index (χ0) is 21.9. The highest BCUT2D eigenvalue weighted by molar-refractivity contribution is 5.94. The van der Waals surface area contributed by atoms with Gasteiger partial charge >= 0.3 is 6.18 Å². The Labute approximate surface area is 169 Å². The van der Waals surface area contributed by atoms with Gasteiger partial charge in [0.15, 0.2) is 0 Å². The summed E-state index contributed by atoms with van der Waals surface area (Å²) in [5.74, 6) is -0.682. The van der Waals surface area contributed by atoms with Crippen molar-refractivity contribution < 1.29 is 22.7 Å². The first-order valence-electron chi connectivity index (χ1n) is 8.77. The molecule has 0 aliphatic heterocycles. The number of nitrogens with one attached hydrogen (secondary N) is 1. The van der Waals surface area contributed by atoms with Gasteiger partial charge in [0.2, 0.25) is 5.91 Å². The molecule has 0 radical (unpaired) electrons. The van der Waals surface area contributed by atoms with Gasteiger partial charge in [-0.05, 0) is 43.3 Å². The first-order valence-corrected chi connectivity index (χ1v) is 8.77. The van der Waals surface area contributed by atoms with Crippen LogP contribution in [0.3, 0.4) is 0 Å². The fourth-order valence-electron chi connectivity index (χ4n) is 2.70. The summed E-state index contributed by atoms with van der Waals surface area (Å²) in [6.45, 7) is 1.41. The van der Waals surface area contributed by atoms with Crippen LogP contribution in [0, 0.1) is 0 Å². The second kappa shape index (κ2) is 8.36. The van der Waals surface area contributed by atoms with Crippen LogP contribution in [0.1, 0.15) is 18.5 Å². The van der Waals surface area contributed by atoms with E-state index in [0.29, 0.717) is 11.3 Å². The number of alkyl halides is 3. The van der Waals surface area contributed by atoms with Gasteiger partial charge < -0.3 is 10.1 Å². The molecule has 0 aliphatic rings. The number of carbonyl (C=O) groups is 1. The lowest BCUT2D eigenvalue weighted by Gasteiger charge is -2.17. The van der Waals surface area contributed by atoms with E-state index in [9.17, 15) is 22.8 Å². The Morgan fingerprint density at radius 2 is 1.97 bits per heavy atom. The maximum Gasteiger partial charge on any atom is 0.416 e. The molecule has 0 spiro atoms. The van der Waals surface area contributed by atoms with E-state index in [1.54, 1.807) is 24.5 Å². The van der Waals surface area contributed by atoms with Crippen LogP contribution in [-0.2, 0) is 11.0 Å². The maximum absolute atomic E-state index is 13.0. The van der Waals surface area contributed by atoms with Gasteiger partial charge in [-0.25, -0.2) is 4.68 Å². The van der Waals surface area contributed by atoms with Gasteiger partial charge in [-0.3, -0.25) is 14.6 Å². The number of anilines is 1. The van der Waals surface area contributed by atoms with Crippen LogP contribution in [0.25, 0.3) is 11.3 Å². The van der Waals surface area contributed by atoms with Crippen molar-refractivity contribution in [3.63, 3.8) is 0 Å². The molecule has 0 saturated carbocycles. The molecule has 3 aromatic rings. The van der Waals surface area contributed by atoms with Gasteiger partial charge in [0.1, 0.15) is 11.8 Å². The first kappa shape index (κ1) is 21.0. The van der Waals surface area contributed by atoms with Gasteiger partial charge in [0, 0.05) is 24.0 Å². The molecule has 1 amide bonds. The van der Waals surface area contributed by atoms with Crippen molar-refractivity contribution in [1.29, 1.82) is 0 Å². The van der Waals surface area contributed by atoms with E-state index in [2.05, 4.69) is 15.4 Å². The van der Waals surface area contributed by atoms with E-state index < -0.39 is 29.2 Å². The standard InChI is InChI=1S/C20H17F3N4O3/c1-12(27-18(28)8-6-15(26-27)13-4-3-9-24-11-13)19(29)25-16-10-14(20(21,22)23)5-7-17(16)30-2/h3-12H,1-2H3,(H,25,29). The minimum absolute atomic E-state index is 0.0490. The van der Waals surface area contributed by atoms with Crippen molar-refractivity contribution in [2.24, 2.45) is 0 Å². The molecular weight excluding hydrogens is 401 g/mol. The van der Waals surface area contributed by atoms with Crippen LogP contribution in [0.5, 0.6) is 5.75 Å². The smallest absolute Gasteiger partial charge is 0.416 e. The van der Waals surface area contributed by atoms with Crippen LogP contribution in [0.4, 0.5) is 18.9 Å². The molecule has 10 heteroatoms. The summed E-state index contributed by atoms with van der Waals surface area (Å²) in [4.78, 5) is 28.9. The quantitative estimate of drug-likeness (QED) is 0.685. The lowest BCUT2D eigenvalue weighted by molar-refractivity contribution is -0.137. The summed E-state index contributed by atoms with van der Waals surface area (Å²) >= 11 is 0. The Morgan fingerprint density at radius 1 is 1.20 bits per heavy atom. The Morgan fingerprint density at radius 3 is 2.60 bits per heavy atom. The molecule has 30 heavy (non-hydrogen) atoms. The minimum Gasteiger partial charge on any atom is -0.495 e. The van der Waals surface area contributed by atoms with E-state index in [0.717, 1.165) is 22.9 Å². The highest BCUT2D eigenvalue weighted by Gasteiger charge is 2.31. The Bertz CT molecular complexity index is 1110. The van der Waals surface area contributed by atoms with Gasteiger partial charge in [0.25, 0.3) is 5.56 Å². The summed E-state index contributed by atoms with van der Waals surface area (Å²) in [7, 11) is 1.27. The lowest BCUT2D eigenvalue weighted by atomic mass is 10.1. The number of rotatable bonds is 5. The molecule has 3 rings (SSSR count). The van der Waals surface area contributed by atoms with Gasteiger partial charge in [-0.1, -0.05) is 0 Å². The second-order valence-electron chi connectivity index (χ2n) is 6.32. The molecule has 1 unspecified atom stereocenters. The summed E-state index contributed by atoms with van der Waals surface area (Å²) in [6.07, 6.45) is -1.46. The van der Waals surface area contributed by atoms with Crippen LogP contribution >= 0.6 is 0 Å². The molecule has 156 valence electrons. The fourth-order valence-corrected chi connectivity index (χ4v) is 2.70. The van der Waals surface area contributed by atoms with E-state index in [4.69, 9.17) is 4.74 Å². The van der Waals surface area contributed by atoms with Gasteiger partial charge in [-0.2, -0.15) is 18.3 Å². The fraction of sp³-hybridized carbons (Fsp3) is 0.200. The lowest BCUT2D eigenvalue weighted by Crippen LogP contribution is -2.33. The molecule has 0 fully saturated rings. The van der Waals surface area contributed by atoms with E-state index in [1.807, 2.05) is 0 Å². The van der Waals surface area contributed by atoms with Gasteiger partial charge in [-0.15, -0.1) is 0 Å². The third kappa shape index (κ3) is 4.48. The predicted octanol–water partition coefficient (Wildman–Crippen LogP) is 3.53. The summed E-state index contributed by atoms with van der Waals surface area (Å²) in [5.41, 5.74) is -0.598. The Hall–Kier alpha value is -3.69. The minimum atomic E-state index is -4.59. The number of methoxy groups -OCH3 is 1. The van der Waals surface area contributed by atoms with Crippen LogP contribution in [-0.4, -0.2) is 27.8 Å². The number of nitrogens with zero attached hydrogens (tertiary/aromatic N) is 3. The maximum atomic E-state index is 13.0. The largest absolute Gasteiger partial charge is 0.495 e. The normalized spacial score (nSPS) is 12.3. The molecule has 1 aromatic carbocycles. The van der Waals surface area contributed by atoms with Crippen molar-refractivity contribution in [2.45, 2.75) is 19.1 Å². The zero-order valence-electron chi connectivity index (χ0n) is 16.0. The summed E-state index contributed by atoms with van der Waals surface area (Å²) in [6, 6.07) is 7.81. The predicted molar refractivity (Wildman–Crippen MR) is 103 cm³/mol. The Balaban J connectivity index is 1.91. The van der Waals surface area contributed by atoms with Crippen LogP contribution < -0.4 is 15.6 Å². The monoisotopic (exact) mass is 418 g/mol. The number of aromatic nitrogens is 3. The number of pyridine rings is 1. The number of amides is 1. The van der Waals surface area contributed by atoms with Gasteiger partial charge in [0.05, 0.1) is 24.1 Å². The highest BCUT2D eigenvalue weighted by atomic mass is 19.4.